The smallest absolute Gasteiger partial charge is 0.331 e. The summed E-state index contributed by atoms with van der Waals surface area (Å²) < 4.78 is 2.79. The molecule has 6 nitrogen and oxygen atoms in total. The molecule has 0 radical (unpaired) electrons. The Labute approximate surface area is 129 Å². The first-order chi connectivity index (χ1) is 9.88. The van der Waals surface area contributed by atoms with Gasteiger partial charge in [-0.25, -0.2) is 4.79 Å². The molecule has 0 saturated carbocycles. The monoisotopic (exact) mass is 327 g/mol. The summed E-state index contributed by atoms with van der Waals surface area (Å²) in [6.45, 7) is 1.69. The fourth-order valence-electron chi connectivity index (χ4n) is 1.81. The van der Waals surface area contributed by atoms with Crippen LogP contribution in [0.3, 0.4) is 0 Å². The third-order valence-electron chi connectivity index (χ3n) is 2.97. The molecule has 0 aliphatic rings. The summed E-state index contributed by atoms with van der Waals surface area (Å²) >= 11 is 7.24. The number of rotatable bonds is 4. The normalized spacial score (nSPS) is 12.1. The predicted molar refractivity (Wildman–Crippen MR) is 81.8 cm³/mol. The molecular formula is C13H14ClN3O3S. The second kappa shape index (κ2) is 6.28. The number of nitrogens with zero attached hydrogens (tertiary/aromatic N) is 2. The Hall–Kier alpha value is -1.86. The number of halogens is 1. The number of hydrogen-bond acceptors (Lipinski definition) is 4. The van der Waals surface area contributed by atoms with Crippen LogP contribution < -0.4 is 16.6 Å². The van der Waals surface area contributed by atoms with E-state index >= 15 is 0 Å². The van der Waals surface area contributed by atoms with Crippen LogP contribution in [0.25, 0.3) is 0 Å². The third-order valence-corrected chi connectivity index (χ3v) is 4.39. The third kappa shape index (κ3) is 3.62. The van der Waals surface area contributed by atoms with Crippen molar-refractivity contribution in [3.63, 3.8) is 0 Å². The van der Waals surface area contributed by atoms with Crippen LogP contribution in [0.2, 0.25) is 4.34 Å². The highest BCUT2D eigenvalue weighted by molar-refractivity contribution is 7.16. The maximum absolute atomic E-state index is 12.0. The van der Waals surface area contributed by atoms with Gasteiger partial charge in [0.15, 0.2) is 0 Å². The van der Waals surface area contributed by atoms with E-state index in [0.717, 1.165) is 9.44 Å². The number of thiophene rings is 1. The van der Waals surface area contributed by atoms with Crippen LogP contribution in [0.4, 0.5) is 0 Å². The van der Waals surface area contributed by atoms with Crippen molar-refractivity contribution in [2.45, 2.75) is 19.5 Å². The minimum atomic E-state index is -0.524. The van der Waals surface area contributed by atoms with E-state index in [9.17, 15) is 14.4 Å². The average Bonchev–Trinajstić information content (AvgIpc) is 2.86. The van der Waals surface area contributed by atoms with Gasteiger partial charge in [0.05, 0.1) is 10.4 Å². The van der Waals surface area contributed by atoms with Crippen molar-refractivity contribution < 1.29 is 4.79 Å². The maximum Gasteiger partial charge on any atom is 0.331 e. The number of hydrogen-bond donors (Lipinski definition) is 1. The van der Waals surface area contributed by atoms with E-state index in [4.69, 9.17) is 11.6 Å². The standard InChI is InChI=1S/C13H14ClN3O3S/c1-8(9-3-4-10(14)21-9)15-11(18)7-17-6-5-12(19)16(2)13(17)20/h3-6,8H,7H2,1-2H3,(H,15,18). The van der Waals surface area contributed by atoms with Crippen molar-refractivity contribution >= 4 is 28.8 Å². The largest absolute Gasteiger partial charge is 0.347 e. The summed E-state index contributed by atoms with van der Waals surface area (Å²) in [5.74, 6) is -0.312. The van der Waals surface area contributed by atoms with Crippen LogP contribution >= 0.6 is 22.9 Å². The first-order valence-electron chi connectivity index (χ1n) is 6.19. The molecule has 0 aliphatic carbocycles. The summed E-state index contributed by atoms with van der Waals surface area (Å²) in [6, 6.07) is 4.66. The molecule has 1 atom stereocenters. The molecule has 0 saturated heterocycles. The molecule has 8 heteroatoms. The van der Waals surface area contributed by atoms with Crippen molar-refractivity contribution in [3.8, 4) is 0 Å². The van der Waals surface area contributed by atoms with Gasteiger partial charge in [0.1, 0.15) is 6.54 Å². The molecule has 2 aromatic rings. The highest BCUT2D eigenvalue weighted by Crippen LogP contribution is 2.26. The van der Waals surface area contributed by atoms with E-state index in [1.807, 2.05) is 13.0 Å². The Morgan fingerprint density at radius 1 is 1.38 bits per heavy atom. The van der Waals surface area contributed by atoms with Gasteiger partial charge in [0.2, 0.25) is 5.91 Å². The number of nitrogens with one attached hydrogen (secondary N) is 1. The lowest BCUT2D eigenvalue weighted by Gasteiger charge is -2.13. The molecule has 0 aromatic carbocycles. The van der Waals surface area contributed by atoms with Crippen molar-refractivity contribution in [2.75, 3.05) is 0 Å². The number of amides is 1. The zero-order chi connectivity index (χ0) is 15.6. The molecule has 112 valence electrons. The number of carbonyl (C=O) groups excluding carboxylic acids is 1. The van der Waals surface area contributed by atoms with Gasteiger partial charge >= 0.3 is 5.69 Å². The molecule has 2 aromatic heterocycles. The van der Waals surface area contributed by atoms with Crippen molar-refractivity contribution in [3.05, 3.63) is 54.4 Å². The second-order valence-corrected chi connectivity index (χ2v) is 6.30. The number of aromatic nitrogens is 2. The van der Waals surface area contributed by atoms with E-state index in [0.29, 0.717) is 4.34 Å². The molecule has 2 rings (SSSR count). The van der Waals surface area contributed by atoms with Crippen LogP contribution in [0, 0.1) is 0 Å². The van der Waals surface area contributed by atoms with Gasteiger partial charge < -0.3 is 5.32 Å². The minimum absolute atomic E-state index is 0.142. The topological polar surface area (TPSA) is 73.1 Å². The van der Waals surface area contributed by atoms with E-state index in [-0.39, 0.29) is 18.5 Å². The Morgan fingerprint density at radius 2 is 2.10 bits per heavy atom. The lowest BCUT2D eigenvalue weighted by atomic mass is 10.3. The van der Waals surface area contributed by atoms with Gasteiger partial charge in [-0.3, -0.25) is 18.7 Å². The predicted octanol–water partition coefficient (Wildman–Crippen LogP) is 1.14. The first kappa shape index (κ1) is 15.5. The zero-order valence-electron chi connectivity index (χ0n) is 11.5. The second-order valence-electron chi connectivity index (χ2n) is 4.55. The Morgan fingerprint density at radius 3 is 2.71 bits per heavy atom. The number of carbonyl (C=O) groups is 1. The van der Waals surface area contributed by atoms with Crippen LogP contribution in [0.5, 0.6) is 0 Å². The van der Waals surface area contributed by atoms with Crippen molar-refractivity contribution in [1.29, 1.82) is 0 Å². The Balaban J connectivity index is 2.07. The molecule has 2 heterocycles. The van der Waals surface area contributed by atoms with E-state index in [1.54, 1.807) is 6.07 Å². The highest BCUT2D eigenvalue weighted by Gasteiger charge is 2.13. The lowest BCUT2D eigenvalue weighted by molar-refractivity contribution is -0.122. The van der Waals surface area contributed by atoms with Crippen LogP contribution in [0.15, 0.2) is 34.0 Å². The van der Waals surface area contributed by atoms with Gasteiger partial charge in [0, 0.05) is 24.2 Å². The molecule has 0 spiro atoms. The molecule has 21 heavy (non-hydrogen) atoms. The quantitative estimate of drug-likeness (QED) is 0.915. The molecule has 0 bridgehead atoms. The Bertz CT molecular complexity index is 777. The summed E-state index contributed by atoms with van der Waals surface area (Å²) in [4.78, 5) is 36.0. The molecule has 0 aliphatic heterocycles. The summed E-state index contributed by atoms with van der Waals surface area (Å²) in [5, 5.41) is 2.79. The lowest BCUT2D eigenvalue weighted by Crippen LogP contribution is -2.40. The van der Waals surface area contributed by atoms with E-state index in [2.05, 4.69) is 5.32 Å². The van der Waals surface area contributed by atoms with Crippen LogP contribution in [-0.4, -0.2) is 15.0 Å². The summed E-state index contributed by atoms with van der Waals surface area (Å²) in [7, 11) is 1.37. The molecule has 0 fully saturated rings. The highest BCUT2D eigenvalue weighted by atomic mass is 35.5. The van der Waals surface area contributed by atoms with Gasteiger partial charge in [-0.15, -0.1) is 11.3 Å². The van der Waals surface area contributed by atoms with Gasteiger partial charge in [-0.05, 0) is 19.1 Å². The summed E-state index contributed by atoms with van der Waals surface area (Å²) in [5.41, 5.74) is -0.928. The van der Waals surface area contributed by atoms with Gasteiger partial charge in [-0.1, -0.05) is 11.6 Å². The molecule has 1 N–H and O–H groups in total. The van der Waals surface area contributed by atoms with Crippen molar-refractivity contribution in [1.82, 2.24) is 14.5 Å². The molecule has 1 amide bonds. The average molecular weight is 328 g/mol. The van der Waals surface area contributed by atoms with Crippen LogP contribution in [0.1, 0.15) is 17.8 Å². The molecule has 1 unspecified atom stereocenters. The van der Waals surface area contributed by atoms with E-state index in [1.165, 1.54) is 35.2 Å². The van der Waals surface area contributed by atoms with E-state index < -0.39 is 11.2 Å². The zero-order valence-corrected chi connectivity index (χ0v) is 13.1. The fourth-order valence-corrected chi connectivity index (χ4v) is 2.87. The summed E-state index contributed by atoms with van der Waals surface area (Å²) in [6.07, 6.45) is 1.32. The SMILES string of the molecule is CC(NC(=O)Cn1ccc(=O)n(C)c1=O)c1ccc(Cl)s1. The maximum atomic E-state index is 12.0. The molecular weight excluding hydrogens is 314 g/mol. The minimum Gasteiger partial charge on any atom is -0.347 e. The Kier molecular flexibility index (Phi) is 4.64. The van der Waals surface area contributed by atoms with Gasteiger partial charge in [0.25, 0.3) is 5.56 Å². The fraction of sp³-hybridized carbons (Fsp3) is 0.308. The first-order valence-corrected chi connectivity index (χ1v) is 7.39. The van der Waals surface area contributed by atoms with Crippen molar-refractivity contribution in [2.24, 2.45) is 7.05 Å². The van der Waals surface area contributed by atoms with Gasteiger partial charge in [-0.2, -0.15) is 0 Å². The van der Waals surface area contributed by atoms with Crippen LogP contribution in [-0.2, 0) is 18.4 Å².